The molecule has 2 aromatic rings. The minimum absolute atomic E-state index is 0.0665. The summed E-state index contributed by atoms with van der Waals surface area (Å²) in [5.74, 6) is 0.856. The number of benzene rings is 2. The quantitative estimate of drug-likeness (QED) is 0.795. The minimum atomic E-state index is -0.0934. The molecule has 1 aliphatic rings. The number of carbonyl (C=O) groups is 2. The minimum Gasteiger partial charge on any atom is -0.491 e. The molecule has 0 spiro atoms. The van der Waals surface area contributed by atoms with Crippen LogP contribution in [0.1, 0.15) is 31.1 Å². The molecule has 0 bridgehead atoms. The first-order valence-corrected chi connectivity index (χ1v) is 9.61. The van der Waals surface area contributed by atoms with Crippen LogP contribution < -0.4 is 15.0 Å². The van der Waals surface area contributed by atoms with Gasteiger partial charge in [0.2, 0.25) is 0 Å². The Morgan fingerprint density at radius 2 is 1.54 bits per heavy atom. The molecular formula is C22H27N3O3. The van der Waals surface area contributed by atoms with Crippen molar-refractivity contribution in [3.8, 4) is 5.75 Å². The summed E-state index contributed by atoms with van der Waals surface area (Å²) in [4.78, 5) is 28.0. The lowest BCUT2D eigenvalue weighted by Crippen LogP contribution is -2.50. The maximum atomic E-state index is 12.5. The third-order valence-corrected chi connectivity index (χ3v) is 4.68. The van der Waals surface area contributed by atoms with E-state index in [0.29, 0.717) is 18.7 Å². The fraction of sp³-hybridized carbons (Fsp3) is 0.364. The fourth-order valence-corrected chi connectivity index (χ4v) is 3.17. The first kappa shape index (κ1) is 19.7. The van der Waals surface area contributed by atoms with Crippen molar-refractivity contribution in [2.24, 2.45) is 0 Å². The number of carbonyl (C=O) groups excluding carboxylic acids is 2. The molecule has 1 heterocycles. The molecule has 1 aliphatic heterocycles. The van der Waals surface area contributed by atoms with Crippen molar-refractivity contribution in [3.63, 3.8) is 0 Å². The van der Waals surface area contributed by atoms with Gasteiger partial charge in [-0.1, -0.05) is 0 Å². The van der Waals surface area contributed by atoms with E-state index in [1.165, 1.54) is 0 Å². The second-order valence-electron chi connectivity index (χ2n) is 7.20. The number of rotatable bonds is 5. The molecule has 2 amide bonds. The second-order valence-corrected chi connectivity index (χ2v) is 7.20. The van der Waals surface area contributed by atoms with Crippen molar-refractivity contribution < 1.29 is 14.3 Å². The molecule has 28 heavy (non-hydrogen) atoms. The summed E-state index contributed by atoms with van der Waals surface area (Å²) in [6, 6.07) is 15.0. The van der Waals surface area contributed by atoms with Gasteiger partial charge >= 0.3 is 6.03 Å². The third kappa shape index (κ3) is 5.03. The molecule has 2 aromatic carbocycles. The van der Waals surface area contributed by atoms with Crippen LogP contribution in [0, 0.1) is 0 Å². The summed E-state index contributed by atoms with van der Waals surface area (Å²) in [5, 5.41) is 2.94. The number of nitrogens with one attached hydrogen (secondary N) is 1. The Morgan fingerprint density at radius 1 is 0.929 bits per heavy atom. The highest BCUT2D eigenvalue weighted by Gasteiger charge is 2.21. The van der Waals surface area contributed by atoms with Crippen molar-refractivity contribution in [2.45, 2.75) is 26.9 Å². The predicted molar refractivity (Wildman–Crippen MR) is 111 cm³/mol. The molecule has 0 radical (unpaired) electrons. The van der Waals surface area contributed by atoms with E-state index in [4.69, 9.17) is 4.74 Å². The van der Waals surface area contributed by atoms with Gasteiger partial charge in [-0.05, 0) is 69.3 Å². The van der Waals surface area contributed by atoms with Crippen molar-refractivity contribution >= 4 is 23.2 Å². The van der Waals surface area contributed by atoms with Crippen LogP contribution in [0.15, 0.2) is 48.5 Å². The monoisotopic (exact) mass is 381 g/mol. The van der Waals surface area contributed by atoms with Crippen molar-refractivity contribution in [1.82, 2.24) is 4.90 Å². The summed E-state index contributed by atoms with van der Waals surface area (Å²) in [5.41, 5.74) is 2.54. The summed E-state index contributed by atoms with van der Waals surface area (Å²) in [6.45, 7) is 8.34. The van der Waals surface area contributed by atoms with E-state index in [1.807, 2.05) is 67.3 Å². The SMILES string of the molecule is CC(=O)c1ccc(N2CCN(C(=O)Nc3ccc(OC(C)C)cc3)CC2)cc1. The number of nitrogens with zero attached hydrogens (tertiary/aromatic N) is 2. The molecule has 1 fully saturated rings. The molecule has 0 aromatic heterocycles. The molecule has 148 valence electrons. The smallest absolute Gasteiger partial charge is 0.321 e. The summed E-state index contributed by atoms with van der Waals surface area (Å²) >= 11 is 0. The number of ketones is 1. The molecule has 1 saturated heterocycles. The molecular weight excluding hydrogens is 354 g/mol. The van der Waals surface area contributed by atoms with Crippen molar-refractivity contribution in [1.29, 1.82) is 0 Å². The lowest BCUT2D eigenvalue weighted by atomic mass is 10.1. The zero-order valence-corrected chi connectivity index (χ0v) is 16.6. The summed E-state index contributed by atoms with van der Waals surface area (Å²) < 4.78 is 5.62. The van der Waals surface area contributed by atoms with E-state index < -0.39 is 0 Å². The average Bonchev–Trinajstić information content (AvgIpc) is 2.69. The van der Waals surface area contributed by atoms with Gasteiger partial charge < -0.3 is 19.9 Å². The van der Waals surface area contributed by atoms with Crippen LogP contribution in [0.5, 0.6) is 5.75 Å². The van der Waals surface area contributed by atoms with E-state index in [9.17, 15) is 9.59 Å². The summed E-state index contributed by atoms with van der Waals surface area (Å²) in [6.07, 6.45) is 0.121. The van der Waals surface area contributed by atoms with Crippen LogP contribution >= 0.6 is 0 Å². The highest BCUT2D eigenvalue weighted by atomic mass is 16.5. The Kier molecular flexibility index (Phi) is 6.19. The molecule has 1 N–H and O–H groups in total. The van der Waals surface area contributed by atoms with Gasteiger partial charge in [0, 0.05) is 43.1 Å². The number of hydrogen-bond acceptors (Lipinski definition) is 4. The number of ether oxygens (including phenoxy) is 1. The predicted octanol–water partition coefficient (Wildman–Crippen LogP) is 4.03. The van der Waals surface area contributed by atoms with Gasteiger partial charge in [-0.25, -0.2) is 4.79 Å². The van der Waals surface area contributed by atoms with E-state index >= 15 is 0 Å². The van der Waals surface area contributed by atoms with Gasteiger partial charge in [-0.3, -0.25) is 4.79 Å². The Bertz CT molecular complexity index is 808. The fourth-order valence-electron chi connectivity index (χ4n) is 3.17. The zero-order chi connectivity index (χ0) is 20.1. The van der Waals surface area contributed by atoms with Crippen LogP contribution in [0.25, 0.3) is 0 Å². The average molecular weight is 381 g/mol. The van der Waals surface area contributed by atoms with Gasteiger partial charge in [0.1, 0.15) is 5.75 Å². The van der Waals surface area contributed by atoms with Crippen molar-refractivity contribution in [3.05, 3.63) is 54.1 Å². The first-order valence-electron chi connectivity index (χ1n) is 9.61. The lowest BCUT2D eigenvalue weighted by molar-refractivity contribution is 0.101. The highest BCUT2D eigenvalue weighted by Crippen LogP contribution is 2.20. The second kappa shape index (κ2) is 8.78. The van der Waals surface area contributed by atoms with Crippen LogP contribution in [-0.4, -0.2) is 49.0 Å². The molecule has 6 heteroatoms. The molecule has 3 rings (SSSR count). The van der Waals surface area contributed by atoms with Crippen LogP contribution in [0.2, 0.25) is 0 Å². The van der Waals surface area contributed by atoms with Gasteiger partial charge in [-0.2, -0.15) is 0 Å². The number of amides is 2. The maximum absolute atomic E-state index is 12.5. The molecule has 0 unspecified atom stereocenters. The van der Waals surface area contributed by atoms with Crippen molar-refractivity contribution in [2.75, 3.05) is 36.4 Å². The zero-order valence-electron chi connectivity index (χ0n) is 16.6. The highest BCUT2D eigenvalue weighted by molar-refractivity contribution is 5.94. The largest absolute Gasteiger partial charge is 0.491 e. The Morgan fingerprint density at radius 3 is 2.07 bits per heavy atom. The van der Waals surface area contributed by atoms with E-state index in [2.05, 4.69) is 10.2 Å². The number of hydrogen-bond donors (Lipinski definition) is 1. The Labute approximate surface area is 166 Å². The molecule has 6 nitrogen and oxygen atoms in total. The summed E-state index contributed by atoms with van der Waals surface area (Å²) in [7, 11) is 0. The van der Waals surface area contributed by atoms with Gasteiger partial charge in [0.25, 0.3) is 0 Å². The van der Waals surface area contributed by atoms with Crippen LogP contribution in [0.4, 0.5) is 16.2 Å². The van der Waals surface area contributed by atoms with Gasteiger partial charge in [0.15, 0.2) is 5.78 Å². The Hall–Kier alpha value is -3.02. The topological polar surface area (TPSA) is 61.9 Å². The van der Waals surface area contributed by atoms with E-state index in [-0.39, 0.29) is 17.9 Å². The third-order valence-electron chi connectivity index (χ3n) is 4.68. The number of Topliss-reactive ketones (excluding diaryl/α,β-unsaturated/α-hetero) is 1. The lowest BCUT2D eigenvalue weighted by Gasteiger charge is -2.36. The van der Waals surface area contributed by atoms with E-state index in [0.717, 1.165) is 30.2 Å². The molecule has 0 atom stereocenters. The Balaban J connectivity index is 1.51. The van der Waals surface area contributed by atoms with Crippen LogP contribution in [-0.2, 0) is 0 Å². The standard InChI is InChI=1S/C22H27N3O3/c1-16(2)28-21-10-6-19(7-11-21)23-22(27)25-14-12-24(13-15-25)20-8-4-18(5-9-20)17(3)26/h4-11,16H,12-15H2,1-3H3,(H,23,27). The first-order chi connectivity index (χ1) is 13.4. The molecule has 0 aliphatic carbocycles. The van der Waals surface area contributed by atoms with Gasteiger partial charge in [-0.15, -0.1) is 0 Å². The molecule has 0 saturated carbocycles. The number of piperazine rings is 1. The number of anilines is 2. The number of urea groups is 1. The van der Waals surface area contributed by atoms with E-state index in [1.54, 1.807) is 6.92 Å². The van der Waals surface area contributed by atoms with Crippen LogP contribution in [0.3, 0.4) is 0 Å². The normalized spacial score (nSPS) is 14.1. The maximum Gasteiger partial charge on any atom is 0.321 e. The van der Waals surface area contributed by atoms with Gasteiger partial charge in [0.05, 0.1) is 6.10 Å².